The number of benzene rings is 1. The van der Waals surface area contributed by atoms with Gasteiger partial charge in [0.25, 0.3) is 0 Å². The Morgan fingerprint density at radius 2 is 2.17 bits per heavy atom. The van der Waals surface area contributed by atoms with Crippen molar-refractivity contribution in [1.82, 2.24) is 15.5 Å². The van der Waals surface area contributed by atoms with Crippen molar-refractivity contribution < 1.29 is 19.2 Å². The van der Waals surface area contributed by atoms with Crippen molar-refractivity contribution in [1.29, 1.82) is 0 Å². The van der Waals surface area contributed by atoms with Gasteiger partial charge in [-0.25, -0.2) is 4.79 Å². The van der Waals surface area contributed by atoms with Crippen LogP contribution in [0, 0.1) is 10.1 Å². The molecule has 2 rings (SSSR count). The molecule has 0 bridgehead atoms. The topological polar surface area (TPSA) is 119 Å². The first-order chi connectivity index (χ1) is 11.2. The van der Waals surface area contributed by atoms with Gasteiger partial charge in [-0.05, 0) is 27.7 Å². The Balaban J connectivity index is 2.04. The van der Waals surface area contributed by atoms with Gasteiger partial charge in [0.05, 0.1) is 23.2 Å². The molecule has 1 aromatic carbocycles. The number of aromatic nitrogens is 2. The molecule has 0 aliphatic carbocycles. The highest BCUT2D eigenvalue weighted by Crippen LogP contribution is 2.31. The SMILES string of the molecule is C[C@H](CNC(=O)OC(C)(C)C)Oc1cc2[nH]ncc2cc1[N+](=O)[O-]. The maximum absolute atomic E-state index is 11.6. The van der Waals surface area contributed by atoms with Crippen LogP contribution in [-0.4, -0.2) is 39.5 Å². The highest BCUT2D eigenvalue weighted by atomic mass is 16.6. The van der Waals surface area contributed by atoms with Crippen LogP contribution in [-0.2, 0) is 4.74 Å². The molecule has 0 aliphatic rings. The van der Waals surface area contributed by atoms with Crippen molar-refractivity contribution in [3.8, 4) is 5.75 Å². The van der Waals surface area contributed by atoms with Crippen molar-refractivity contribution in [3.63, 3.8) is 0 Å². The molecule has 9 nitrogen and oxygen atoms in total. The zero-order valence-electron chi connectivity index (χ0n) is 14.0. The van der Waals surface area contributed by atoms with E-state index in [1.54, 1.807) is 27.7 Å². The average Bonchev–Trinajstić information content (AvgIpc) is 2.89. The van der Waals surface area contributed by atoms with E-state index in [-0.39, 0.29) is 18.0 Å². The lowest BCUT2D eigenvalue weighted by Crippen LogP contribution is -2.37. The minimum atomic E-state index is -0.599. The lowest BCUT2D eigenvalue weighted by atomic mass is 10.2. The first-order valence-electron chi connectivity index (χ1n) is 7.41. The predicted molar refractivity (Wildman–Crippen MR) is 87.1 cm³/mol. The number of hydrogen-bond donors (Lipinski definition) is 2. The van der Waals surface area contributed by atoms with E-state index in [2.05, 4.69) is 15.5 Å². The summed E-state index contributed by atoms with van der Waals surface area (Å²) in [6.45, 7) is 7.12. The molecule has 2 aromatic rings. The number of alkyl carbamates (subject to hydrolysis) is 1. The molecule has 24 heavy (non-hydrogen) atoms. The van der Waals surface area contributed by atoms with Gasteiger partial charge in [-0.1, -0.05) is 0 Å². The summed E-state index contributed by atoms with van der Waals surface area (Å²) >= 11 is 0. The first kappa shape index (κ1) is 17.5. The standard InChI is InChI=1S/C15H20N4O5/c1-9(7-16-14(20)24-15(2,3)4)23-13-6-11-10(8-17-18-11)5-12(13)19(21)22/h5-6,8-9H,7H2,1-4H3,(H,16,20)(H,17,18)/t9-/m1/s1. The van der Waals surface area contributed by atoms with E-state index in [4.69, 9.17) is 9.47 Å². The lowest BCUT2D eigenvalue weighted by molar-refractivity contribution is -0.385. The second-order valence-electron chi connectivity index (χ2n) is 6.35. The average molecular weight is 336 g/mol. The quantitative estimate of drug-likeness (QED) is 0.640. The van der Waals surface area contributed by atoms with Crippen LogP contribution in [0.25, 0.3) is 10.9 Å². The van der Waals surface area contributed by atoms with Crippen molar-refractivity contribution >= 4 is 22.7 Å². The first-order valence-corrected chi connectivity index (χ1v) is 7.41. The summed E-state index contributed by atoms with van der Waals surface area (Å²) in [4.78, 5) is 22.3. The number of nitro groups is 1. The van der Waals surface area contributed by atoms with Gasteiger partial charge in [-0.15, -0.1) is 0 Å². The fraction of sp³-hybridized carbons (Fsp3) is 0.467. The van der Waals surface area contributed by atoms with E-state index in [0.29, 0.717) is 10.9 Å². The Bertz CT molecular complexity index is 750. The van der Waals surface area contributed by atoms with Crippen molar-refractivity contribution in [2.24, 2.45) is 0 Å². The zero-order valence-corrected chi connectivity index (χ0v) is 14.0. The summed E-state index contributed by atoms with van der Waals surface area (Å²) in [5.41, 5.74) is -0.130. The number of amides is 1. The van der Waals surface area contributed by atoms with Crippen LogP contribution in [0.3, 0.4) is 0 Å². The van der Waals surface area contributed by atoms with Crippen LogP contribution in [0.2, 0.25) is 0 Å². The molecular weight excluding hydrogens is 316 g/mol. The van der Waals surface area contributed by atoms with Gasteiger partial charge in [-0.2, -0.15) is 5.10 Å². The minimum absolute atomic E-state index is 0.107. The van der Waals surface area contributed by atoms with Crippen molar-refractivity contribution in [2.75, 3.05) is 6.54 Å². The van der Waals surface area contributed by atoms with E-state index >= 15 is 0 Å². The van der Waals surface area contributed by atoms with E-state index in [1.807, 2.05) is 0 Å². The number of hydrogen-bond acceptors (Lipinski definition) is 6. The predicted octanol–water partition coefficient (Wildman–Crippen LogP) is 2.76. The Morgan fingerprint density at radius 1 is 1.46 bits per heavy atom. The third-order valence-electron chi connectivity index (χ3n) is 2.98. The Morgan fingerprint density at radius 3 is 2.79 bits per heavy atom. The second-order valence-corrected chi connectivity index (χ2v) is 6.35. The van der Waals surface area contributed by atoms with Gasteiger partial charge in [0.2, 0.25) is 0 Å². The summed E-state index contributed by atoms with van der Waals surface area (Å²) in [5, 5.41) is 21.0. The summed E-state index contributed by atoms with van der Waals surface area (Å²) < 4.78 is 10.7. The Labute approximate surface area is 138 Å². The normalized spacial score (nSPS) is 12.7. The van der Waals surface area contributed by atoms with Gasteiger partial charge in [0.1, 0.15) is 11.7 Å². The van der Waals surface area contributed by atoms with Crippen molar-refractivity contribution in [2.45, 2.75) is 39.4 Å². The minimum Gasteiger partial charge on any atom is -0.482 e. The van der Waals surface area contributed by atoms with Gasteiger partial charge in [-0.3, -0.25) is 15.2 Å². The third kappa shape index (κ3) is 4.58. The number of fused-ring (bicyclic) bond motifs is 1. The van der Waals surface area contributed by atoms with Gasteiger partial charge < -0.3 is 14.8 Å². The van der Waals surface area contributed by atoms with Crippen LogP contribution in [0.5, 0.6) is 5.75 Å². The number of carbonyl (C=O) groups is 1. The van der Waals surface area contributed by atoms with E-state index < -0.39 is 22.7 Å². The number of rotatable bonds is 5. The molecule has 9 heteroatoms. The maximum Gasteiger partial charge on any atom is 0.407 e. The second kappa shape index (κ2) is 6.73. The van der Waals surface area contributed by atoms with E-state index in [1.165, 1.54) is 18.3 Å². The number of aromatic amines is 1. The monoisotopic (exact) mass is 336 g/mol. The Kier molecular flexibility index (Phi) is 4.91. The van der Waals surface area contributed by atoms with Crippen LogP contribution < -0.4 is 10.1 Å². The number of nitrogens with one attached hydrogen (secondary N) is 2. The molecule has 0 unspecified atom stereocenters. The fourth-order valence-corrected chi connectivity index (χ4v) is 2.00. The lowest BCUT2D eigenvalue weighted by Gasteiger charge is -2.21. The molecule has 0 radical (unpaired) electrons. The number of carbonyl (C=O) groups excluding carboxylic acids is 1. The molecule has 0 saturated carbocycles. The summed E-state index contributed by atoms with van der Waals surface area (Å²) in [6, 6.07) is 2.91. The number of nitrogens with zero attached hydrogens (tertiary/aromatic N) is 2. The molecule has 0 spiro atoms. The molecular formula is C15H20N4O5. The molecule has 1 aromatic heterocycles. The molecule has 1 atom stereocenters. The van der Waals surface area contributed by atoms with Crippen LogP contribution in [0.1, 0.15) is 27.7 Å². The van der Waals surface area contributed by atoms with E-state index in [9.17, 15) is 14.9 Å². The van der Waals surface area contributed by atoms with Crippen LogP contribution in [0.15, 0.2) is 18.3 Å². The van der Waals surface area contributed by atoms with E-state index in [0.717, 1.165) is 0 Å². The Hall–Kier alpha value is -2.84. The van der Waals surface area contributed by atoms with Crippen LogP contribution in [0.4, 0.5) is 10.5 Å². The number of nitro benzene ring substituents is 1. The molecule has 130 valence electrons. The van der Waals surface area contributed by atoms with Crippen molar-refractivity contribution in [3.05, 3.63) is 28.4 Å². The summed E-state index contributed by atoms with van der Waals surface area (Å²) in [5.74, 6) is 0.107. The van der Waals surface area contributed by atoms with Gasteiger partial charge in [0, 0.05) is 17.5 Å². The largest absolute Gasteiger partial charge is 0.482 e. The molecule has 1 amide bonds. The molecule has 0 fully saturated rings. The third-order valence-corrected chi connectivity index (χ3v) is 2.98. The fourth-order valence-electron chi connectivity index (χ4n) is 2.00. The molecule has 0 aliphatic heterocycles. The number of H-pyrrole nitrogens is 1. The summed E-state index contributed by atoms with van der Waals surface area (Å²) in [7, 11) is 0. The van der Waals surface area contributed by atoms with Crippen LogP contribution >= 0.6 is 0 Å². The highest BCUT2D eigenvalue weighted by molar-refractivity contribution is 5.83. The number of ether oxygens (including phenoxy) is 2. The van der Waals surface area contributed by atoms with Gasteiger partial charge >= 0.3 is 11.8 Å². The van der Waals surface area contributed by atoms with Gasteiger partial charge in [0.15, 0.2) is 5.75 Å². The zero-order chi connectivity index (χ0) is 17.9. The summed E-state index contributed by atoms with van der Waals surface area (Å²) in [6.07, 6.45) is 0.438. The smallest absolute Gasteiger partial charge is 0.407 e. The molecule has 0 saturated heterocycles. The molecule has 1 heterocycles. The highest BCUT2D eigenvalue weighted by Gasteiger charge is 2.21. The molecule has 2 N–H and O–H groups in total. The maximum atomic E-state index is 11.6.